The van der Waals surface area contributed by atoms with Crippen LogP contribution in [0.25, 0.3) is 0 Å². The highest BCUT2D eigenvalue weighted by molar-refractivity contribution is 9.10. The Morgan fingerprint density at radius 3 is 2.63 bits per heavy atom. The van der Waals surface area contributed by atoms with Crippen LogP contribution in [0, 0.1) is 6.92 Å². The smallest absolute Gasteiger partial charge is 0.168 e. The number of ketones is 1. The number of hydrogen-bond donors (Lipinski definition) is 0. The number of halogens is 3. The van der Waals surface area contributed by atoms with E-state index >= 15 is 0 Å². The normalized spacial score (nSPS) is 10.5. The first kappa shape index (κ1) is 14.8. The molecular weight excluding hydrogens is 391 g/mol. The molecule has 4 heteroatoms. The van der Waals surface area contributed by atoms with Gasteiger partial charge in [0.1, 0.15) is 0 Å². The summed E-state index contributed by atoms with van der Waals surface area (Å²) in [6, 6.07) is 11.2. The first-order chi connectivity index (χ1) is 8.99. The molecule has 2 rings (SSSR count). The van der Waals surface area contributed by atoms with Gasteiger partial charge in [0.15, 0.2) is 5.78 Å². The van der Waals surface area contributed by atoms with E-state index in [0.717, 1.165) is 20.1 Å². The zero-order valence-corrected chi connectivity index (χ0v) is 14.1. The maximum Gasteiger partial charge on any atom is 0.168 e. The lowest BCUT2D eigenvalue weighted by Gasteiger charge is -2.08. The zero-order valence-electron chi connectivity index (χ0n) is 10.2. The molecule has 0 amide bonds. The monoisotopic (exact) mass is 400 g/mol. The molecule has 2 aromatic carbocycles. The van der Waals surface area contributed by atoms with Crippen molar-refractivity contribution in [2.24, 2.45) is 0 Å². The topological polar surface area (TPSA) is 17.1 Å². The number of aryl methyl sites for hydroxylation is 1. The molecule has 0 unspecified atom stereocenters. The van der Waals surface area contributed by atoms with Crippen molar-refractivity contribution >= 4 is 49.2 Å². The van der Waals surface area contributed by atoms with Gasteiger partial charge in [0, 0.05) is 26.0 Å². The average Bonchev–Trinajstić information content (AvgIpc) is 2.36. The van der Waals surface area contributed by atoms with Crippen LogP contribution in [-0.2, 0) is 6.42 Å². The molecule has 0 bridgehead atoms. The molecule has 1 nitrogen and oxygen atoms in total. The molecule has 0 N–H and O–H groups in total. The molecule has 0 radical (unpaired) electrons. The minimum atomic E-state index is 0.0554. The zero-order chi connectivity index (χ0) is 14.0. The van der Waals surface area contributed by atoms with Crippen molar-refractivity contribution in [1.29, 1.82) is 0 Å². The summed E-state index contributed by atoms with van der Waals surface area (Å²) in [6.45, 7) is 1.97. The molecule has 98 valence electrons. The van der Waals surface area contributed by atoms with E-state index in [4.69, 9.17) is 11.6 Å². The third-order valence-corrected chi connectivity index (χ3v) is 4.76. The van der Waals surface area contributed by atoms with Crippen molar-refractivity contribution in [2.75, 3.05) is 0 Å². The number of carbonyl (C=O) groups excluding carboxylic acids is 1. The van der Waals surface area contributed by atoms with Crippen molar-refractivity contribution in [3.63, 3.8) is 0 Å². The first-order valence-electron chi connectivity index (χ1n) is 5.71. The minimum absolute atomic E-state index is 0.0554. The molecule has 0 saturated carbocycles. The number of carbonyl (C=O) groups is 1. The van der Waals surface area contributed by atoms with Crippen molar-refractivity contribution < 1.29 is 4.79 Å². The van der Waals surface area contributed by atoms with Gasteiger partial charge in [-0.25, -0.2) is 0 Å². The highest BCUT2D eigenvalue weighted by Gasteiger charge is 2.13. The molecule has 2 aromatic rings. The average molecular weight is 403 g/mol. The van der Waals surface area contributed by atoms with E-state index in [-0.39, 0.29) is 5.78 Å². The molecule has 19 heavy (non-hydrogen) atoms. The van der Waals surface area contributed by atoms with Gasteiger partial charge >= 0.3 is 0 Å². The summed E-state index contributed by atoms with van der Waals surface area (Å²) in [5, 5.41) is 0.603. The van der Waals surface area contributed by atoms with Gasteiger partial charge in [0.25, 0.3) is 0 Å². The fourth-order valence-electron chi connectivity index (χ4n) is 1.80. The van der Waals surface area contributed by atoms with Crippen LogP contribution >= 0.6 is 43.5 Å². The molecule has 0 saturated heterocycles. The number of Topliss-reactive ketones (excluding diaryl/α,β-unsaturated/α-hetero) is 1. The Hall–Kier alpha value is -0.640. The Morgan fingerprint density at radius 1 is 1.21 bits per heavy atom. The molecule has 0 atom stereocenters. The number of rotatable bonds is 3. The van der Waals surface area contributed by atoms with Crippen molar-refractivity contribution in [3.8, 4) is 0 Å². The lowest BCUT2D eigenvalue weighted by atomic mass is 10.0. The van der Waals surface area contributed by atoms with Crippen LogP contribution in [0.3, 0.4) is 0 Å². The van der Waals surface area contributed by atoms with Crippen LogP contribution in [0.2, 0.25) is 5.02 Å². The SMILES string of the molecule is Cc1cccc(C(=O)Cc2ccc(Br)cc2Cl)c1Br. The largest absolute Gasteiger partial charge is 0.294 e. The van der Waals surface area contributed by atoms with Gasteiger partial charge in [-0.2, -0.15) is 0 Å². The molecule has 0 aliphatic carbocycles. The number of hydrogen-bond acceptors (Lipinski definition) is 1. The third kappa shape index (κ3) is 3.47. The summed E-state index contributed by atoms with van der Waals surface area (Å²) < 4.78 is 1.76. The summed E-state index contributed by atoms with van der Waals surface area (Å²) in [4.78, 5) is 12.3. The molecule has 0 aliphatic rings. The van der Waals surface area contributed by atoms with Gasteiger partial charge in [-0.15, -0.1) is 0 Å². The van der Waals surface area contributed by atoms with Crippen LogP contribution in [-0.4, -0.2) is 5.78 Å². The van der Waals surface area contributed by atoms with Gasteiger partial charge in [-0.1, -0.05) is 51.8 Å². The predicted octanol–water partition coefficient (Wildman–Crippen LogP) is 5.60. The van der Waals surface area contributed by atoms with E-state index in [1.807, 2.05) is 37.3 Å². The summed E-state index contributed by atoms with van der Waals surface area (Å²) in [6.07, 6.45) is 0.300. The second-order valence-corrected chi connectivity index (χ2v) is 6.39. The molecule has 0 heterocycles. The summed E-state index contributed by atoms with van der Waals surface area (Å²) in [5.41, 5.74) is 2.58. The van der Waals surface area contributed by atoms with Crippen LogP contribution in [0.5, 0.6) is 0 Å². The maximum atomic E-state index is 12.3. The lowest BCUT2D eigenvalue weighted by molar-refractivity contribution is 0.0992. The molecule has 0 aromatic heterocycles. The summed E-state index contributed by atoms with van der Waals surface area (Å²) in [5.74, 6) is 0.0554. The van der Waals surface area contributed by atoms with Gasteiger partial charge < -0.3 is 0 Å². The van der Waals surface area contributed by atoms with Gasteiger partial charge in [-0.3, -0.25) is 4.79 Å². The quantitative estimate of drug-likeness (QED) is 0.611. The molecule has 0 aliphatic heterocycles. The van der Waals surface area contributed by atoms with E-state index in [2.05, 4.69) is 31.9 Å². The fraction of sp³-hybridized carbons (Fsp3) is 0.133. The Bertz CT molecular complexity index is 638. The Balaban J connectivity index is 2.28. The first-order valence-corrected chi connectivity index (χ1v) is 7.67. The highest BCUT2D eigenvalue weighted by atomic mass is 79.9. The van der Waals surface area contributed by atoms with Gasteiger partial charge in [0.05, 0.1) is 0 Å². The second-order valence-electron chi connectivity index (χ2n) is 4.27. The molecule has 0 spiro atoms. The summed E-state index contributed by atoms with van der Waals surface area (Å²) in [7, 11) is 0. The molecular formula is C15H11Br2ClO. The van der Waals surface area contributed by atoms with E-state index in [1.54, 1.807) is 6.07 Å². The fourth-order valence-corrected chi connectivity index (χ4v) is 3.02. The highest BCUT2D eigenvalue weighted by Crippen LogP contribution is 2.26. The van der Waals surface area contributed by atoms with Crippen LogP contribution in [0.15, 0.2) is 45.3 Å². The van der Waals surface area contributed by atoms with E-state index in [1.165, 1.54) is 0 Å². The lowest BCUT2D eigenvalue weighted by Crippen LogP contribution is -2.05. The van der Waals surface area contributed by atoms with E-state index < -0.39 is 0 Å². The minimum Gasteiger partial charge on any atom is -0.294 e. The summed E-state index contributed by atoms with van der Waals surface area (Å²) >= 11 is 13.0. The third-order valence-electron chi connectivity index (χ3n) is 2.86. The van der Waals surface area contributed by atoms with E-state index in [0.29, 0.717) is 17.0 Å². The number of benzene rings is 2. The van der Waals surface area contributed by atoms with Crippen molar-refractivity contribution in [2.45, 2.75) is 13.3 Å². The standard InChI is InChI=1S/C15H11Br2ClO/c1-9-3-2-4-12(15(9)17)14(19)7-10-5-6-11(16)8-13(10)18/h2-6,8H,7H2,1H3. The second kappa shape index (κ2) is 6.21. The van der Waals surface area contributed by atoms with Crippen molar-refractivity contribution in [1.82, 2.24) is 0 Å². The van der Waals surface area contributed by atoms with Crippen LogP contribution in [0.1, 0.15) is 21.5 Å². The van der Waals surface area contributed by atoms with Crippen LogP contribution in [0.4, 0.5) is 0 Å². The van der Waals surface area contributed by atoms with E-state index in [9.17, 15) is 4.79 Å². The Labute approximate surface area is 134 Å². The molecule has 0 fully saturated rings. The Kier molecular flexibility index (Phi) is 4.82. The van der Waals surface area contributed by atoms with Gasteiger partial charge in [0.2, 0.25) is 0 Å². The Morgan fingerprint density at radius 2 is 1.95 bits per heavy atom. The van der Waals surface area contributed by atoms with Crippen molar-refractivity contribution in [3.05, 3.63) is 67.1 Å². The van der Waals surface area contributed by atoms with Gasteiger partial charge in [-0.05, 0) is 46.1 Å². The van der Waals surface area contributed by atoms with Crippen LogP contribution < -0.4 is 0 Å². The predicted molar refractivity (Wildman–Crippen MR) is 86.1 cm³/mol. The maximum absolute atomic E-state index is 12.3.